The highest BCUT2D eigenvalue weighted by Gasteiger charge is 2.25. The summed E-state index contributed by atoms with van der Waals surface area (Å²) in [7, 11) is 0. The predicted octanol–water partition coefficient (Wildman–Crippen LogP) is 4.35. The standard InChI is InChI=1S/C20H23N3O2S2/c24-19(12-15-14-27-20(22-15)18-7-5-11-26-18)21-13-16(17-6-4-10-25-17)23-8-2-1-3-9-23/h4-7,10-11,14,16H,1-3,8-9,12-13H2,(H,21,24). The molecule has 27 heavy (non-hydrogen) atoms. The molecule has 4 rings (SSSR count). The second-order valence-corrected chi connectivity index (χ2v) is 8.54. The monoisotopic (exact) mass is 401 g/mol. The van der Waals surface area contributed by atoms with Gasteiger partial charge in [-0.25, -0.2) is 4.98 Å². The molecular formula is C20H23N3O2S2. The average Bonchev–Trinajstić information content (AvgIpc) is 3.45. The summed E-state index contributed by atoms with van der Waals surface area (Å²) < 4.78 is 5.64. The molecule has 1 N–H and O–H groups in total. The van der Waals surface area contributed by atoms with Gasteiger partial charge in [-0.05, 0) is 49.5 Å². The fourth-order valence-corrected chi connectivity index (χ4v) is 5.09. The molecule has 142 valence electrons. The van der Waals surface area contributed by atoms with Gasteiger partial charge in [0.1, 0.15) is 10.8 Å². The summed E-state index contributed by atoms with van der Waals surface area (Å²) in [5.74, 6) is 0.928. The first-order valence-electron chi connectivity index (χ1n) is 9.32. The van der Waals surface area contributed by atoms with Gasteiger partial charge in [0, 0.05) is 11.9 Å². The van der Waals surface area contributed by atoms with Gasteiger partial charge in [-0.2, -0.15) is 0 Å². The van der Waals surface area contributed by atoms with E-state index in [1.54, 1.807) is 28.9 Å². The fourth-order valence-electron chi connectivity index (χ4n) is 3.46. The summed E-state index contributed by atoms with van der Waals surface area (Å²) in [6.45, 7) is 2.67. The molecule has 0 bridgehead atoms. The third kappa shape index (κ3) is 4.66. The van der Waals surface area contributed by atoms with Crippen LogP contribution >= 0.6 is 22.7 Å². The van der Waals surface area contributed by atoms with Gasteiger partial charge in [0.15, 0.2) is 0 Å². The maximum absolute atomic E-state index is 12.5. The number of carbonyl (C=O) groups is 1. The van der Waals surface area contributed by atoms with Gasteiger partial charge in [0.2, 0.25) is 5.91 Å². The Hall–Kier alpha value is -1.96. The second kappa shape index (κ2) is 8.82. The molecule has 3 aromatic rings. The molecule has 1 atom stereocenters. The summed E-state index contributed by atoms with van der Waals surface area (Å²) in [5, 5.41) is 8.08. The Kier molecular flexibility index (Phi) is 6.01. The quantitative estimate of drug-likeness (QED) is 0.639. The van der Waals surface area contributed by atoms with E-state index in [0.29, 0.717) is 13.0 Å². The molecule has 0 aromatic carbocycles. The van der Waals surface area contributed by atoms with Gasteiger partial charge in [-0.15, -0.1) is 22.7 Å². The molecule has 1 aliphatic heterocycles. The number of aromatic nitrogens is 1. The molecule has 0 saturated carbocycles. The van der Waals surface area contributed by atoms with Crippen LogP contribution in [0.4, 0.5) is 0 Å². The Morgan fingerprint density at radius 1 is 1.22 bits per heavy atom. The summed E-state index contributed by atoms with van der Waals surface area (Å²) in [6.07, 6.45) is 5.71. The van der Waals surface area contributed by atoms with E-state index in [4.69, 9.17) is 4.42 Å². The van der Waals surface area contributed by atoms with Gasteiger partial charge in [0.05, 0.1) is 29.3 Å². The Morgan fingerprint density at radius 2 is 2.11 bits per heavy atom. The van der Waals surface area contributed by atoms with Gasteiger partial charge in [-0.3, -0.25) is 9.69 Å². The molecule has 5 nitrogen and oxygen atoms in total. The van der Waals surface area contributed by atoms with E-state index in [-0.39, 0.29) is 11.9 Å². The molecule has 3 aromatic heterocycles. The minimum Gasteiger partial charge on any atom is -0.468 e. The topological polar surface area (TPSA) is 58.4 Å². The molecule has 1 fully saturated rings. The number of nitrogens with one attached hydrogen (secondary N) is 1. The highest BCUT2D eigenvalue weighted by molar-refractivity contribution is 7.20. The van der Waals surface area contributed by atoms with Crippen molar-refractivity contribution in [3.63, 3.8) is 0 Å². The van der Waals surface area contributed by atoms with E-state index in [1.165, 1.54) is 19.3 Å². The first kappa shape index (κ1) is 18.4. The minimum atomic E-state index is 0.00611. The van der Waals surface area contributed by atoms with Crippen molar-refractivity contribution in [2.24, 2.45) is 0 Å². The van der Waals surface area contributed by atoms with Gasteiger partial charge < -0.3 is 9.73 Å². The number of furan rings is 1. The highest BCUT2D eigenvalue weighted by Crippen LogP contribution is 2.28. The highest BCUT2D eigenvalue weighted by atomic mass is 32.1. The second-order valence-electron chi connectivity index (χ2n) is 6.73. The van der Waals surface area contributed by atoms with Crippen LogP contribution in [0.5, 0.6) is 0 Å². The van der Waals surface area contributed by atoms with Crippen molar-refractivity contribution in [2.75, 3.05) is 19.6 Å². The van der Waals surface area contributed by atoms with Gasteiger partial charge in [-0.1, -0.05) is 12.5 Å². The number of amides is 1. The Morgan fingerprint density at radius 3 is 2.85 bits per heavy atom. The van der Waals surface area contributed by atoms with E-state index in [9.17, 15) is 4.79 Å². The van der Waals surface area contributed by atoms with Crippen LogP contribution in [0.1, 0.15) is 36.8 Å². The number of hydrogen-bond donors (Lipinski definition) is 1. The van der Waals surface area contributed by atoms with Crippen LogP contribution in [0.2, 0.25) is 0 Å². The van der Waals surface area contributed by atoms with Crippen molar-refractivity contribution in [3.8, 4) is 9.88 Å². The molecule has 0 spiro atoms. The Balaban J connectivity index is 1.35. The zero-order chi connectivity index (χ0) is 18.5. The Bertz CT molecular complexity index is 837. The van der Waals surface area contributed by atoms with Crippen LogP contribution in [0.25, 0.3) is 9.88 Å². The third-order valence-corrected chi connectivity index (χ3v) is 6.75. The normalized spacial score (nSPS) is 16.3. The number of carbonyl (C=O) groups excluding carboxylic acids is 1. The van der Waals surface area contributed by atoms with Crippen molar-refractivity contribution < 1.29 is 9.21 Å². The van der Waals surface area contributed by atoms with E-state index >= 15 is 0 Å². The first-order valence-corrected chi connectivity index (χ1v) is 11.1. The van der Waals surface area contributed by atoms with Crippen molar-refractivity contribution in [1.82, 2.24) is 15.2 Å². The number of rotatable bonds is 7. The molecule has 0 aliphatic carbocycles. The lowest BCUT2D eigenvalue weighted by atomic mass is 10.1. The molecule has 1 amide bonds. The maximum atomic E-state index is 12.5. The maximum Gasteiger partial charge on any atom is 0.226 e. The Labute approximate surface area is 167 Å². The van der Waals surface area contributed by atoms with Crippen LogP contribution in [0.15, 0.2) is 45.7 Å². The van der Waals surface area contributed by atoms with Crippen molar-refractivity contribution >= 4 is 28.6 Å². The number of thiazole rings is 1. The van der Waals surface area contributed by atoms with E-state index in [0.717, 1.165) is 34.4 Å². The van der Waals surface area contributed by atoms with Crippen LogP contribution < -0.4 is 5.32 Å². The fraction of sp³-hybridized carbons (Fsp3) is 0.400. The van der Waals surface area contributed by atoms with Crippen molar-refractivity contribution in [1.29, 1.82) is 0 Å². The number of nitrogens with zero attached hydrogens (tertiary/aromatic N) is 2. The zero-order valence-electron chi connectivity index (χ0n) is 15.1. The number of thiophene rings is 1. The number of hydrogen-bond acceptors (Lipinski definition) is 6. The summed E-state index contributed by atoms with van der Waals surface area (Å²) in [4.78, 5) is 20.6. The number of likely N-dealkylation sites (tertiary alicyclic amines) is 1. The molecule has 7 heteroatoms. The summed E-state index contributed by atoms with van der Waals surface area (Å²) in [5.41, 5.74) is 0.827. The van der Waals surface area contributed by atoms with E-state index in [2.05, 4.69) is 21.3 Å². The van der Waals surface area contributed by atoms with Gasteiger partial charge in [0.25, 0.3) is 0 Å². The predicted molar refractivity (Wildman–Crippen MR) is 109 cm³/mol. The number of piperidine rings is 1. The lowest BCUT2D eigenvalue weighted by Gasteiger charge is -2.33. The molecule has 4 heterocycles. The lowest BCUT2D eigenvalue weighted by molar-refractivity contribution is -0.120. The van der Waals surface area contributed by atoms with E-state index < -0.39 is 0 Å². The smallest absolute Gasteiger partial charge is 0.226 e. The SMILES string of the molecule is O=C(Cc1csc(-c2cccs2)n1)NCC(c1ccco1)N1CCCCC1. The van der Waals surface area contributed by atoms with Crippen molar-refractivity contribution in [3.05, 3.63) is 52.7 Å². The third-order valence-electron chi connectivity index (χ3n) is 4.82. The van der Waals surface area contributed by atoms with Crippen LogP contribution in [0, 0.1) is 0 Å². The molecular weight excluding hydrogens is 378 g/mol. The minimum absolute atomic E-state index is 0.00611. The van der Waals surface area contributed by atoms with Gasteiger partial charge >= 0.3 is 0 Å². The molecule has 1 saturated heterocycles. The summed E-state index contributed by atoms with van der Waals surface area (Å²) in [6, 6.07) is 8.08. The lowest BCUT2D eigenvalue weighted by Crippen LogP contribution is -2.40. The van der Waals surface area contributed by atoms with E-state index in [1.807, 2.05) is 29.0 Å². The largest absolute Gasteiger partial charge is 0.468 e. The summed E-state index contributed by atoms with van der Waals surface area (Å²) >= 11 is 3.26. The molecule has 1 unspecified atom stereocenters. The average molecular weight is 402 g/mol. The first-order chi connectivity index (χ1) is 13.3. The molecule has 1 aliphatic rings. The van der Waals surface area contributed by atoms with Crippen molar-refractivity contribution in [2.45, 2.75) is 31.7 Å². The van der Waals surface area contributed by atoms with Crippen LogP contribution in [0.3, 0.4) is 0 Å². The van der Waals surface area contributed by atoms with Crippen LogP contribution in [-0.4, -0.2) is 35.4 Å². The van der Waals surface area contributed by atoms with Crippen LogP contribution in [-0.2, 0) is 11.2 Å². The molecule has 0 radical (unpaired) electrons. The zero-order valence-corrected chi connectivity index (χ0v) is 16.7.